The minimum Gasteiger partial charge on any atom is -0.459 e. The van der Waals surface area contributed by atoms with E-state index in [-0.39, 0.29) is 5.91 Å². The molecule has 0 unspecified atom stereocenters. The summed E-state index contributed by atoms with van der Waals surface area (Å²) in [5, 5.41) is 4.07. The van der Waals surface area contributed by atoms with Crippen LogP contribution in [0, 0.1) is 0 Å². The number of aromatic nitrogens is 2. The zero-order valence-electron chi connectivity index (χ0n) is 16.6. The molecule has 0 atom stereocenters. The van der Waals surface area contributed by atoms with E-state index < -0.39 is 0 Å². The molecule has 2 aromatic heterocycles. The number of furan rings is 1. The third kappa shape index (κ3) is 4.79. The minimum atomic E-state index is -0.113. The van der Waals surface area contributed by atoms with Crippen molar-refractivity contribution >= 4 is 11.6 Å². The highest BCUT2D eigenvalue weighted by Crippen LogP contribution is 2.20. The van der Waals surface area contributed by atoms with Gasteiger partial charge in [0, 0.05) is 44.9 Å². The predicted molar refractivity (Wildman–Crippen MR) is 107 cm³/mol. The highest BCUT2D eigenvalue weighted by Gasteiger charge is 2.19. The fourth-order valence-corrected chi connectivity index (χ4v) is 2.83. The quantitative estimate of drug-likeness (QED) is 0.559. The van der Waals surface area contributed by atoms with Gasteiger partial charge in [-0.2, -0.15) is 4.98 Å². The Kier molecular flexibility index (Phi) is 6.47. The molecule has 2 heterocycles. The zero-order chi connectivity index (χ0) is 19.9. The van der Waals surface area contributed by atoms with Crippen molar-refractivity contribution in [1.82, 2.24) is 15.0 Å². The zero-order valence-corrected chi connectivity index (χ0v) is 16.6. The van der Waals surface area contributed by atoms with E-state index in [1.165, 1.54) is 6.26 Å². The van der Waals surface area contributed by atoms with E-state index in [9.17, 15) is 4.79 Å². The van der Waals surface area contributed by atoms with Crippen molar-refractivity contribution in [2.45, 2.75) is 26.2 Å². The van der Waals surface area contributed by atoms with Crippen LogP contribution >= 0.6 is 0 Å². The highest BCUT2D eigenvalue weighted by atomic mass is 16.5. The Bertz CT molecular complexity index is 869. The fourth-order valence-electron chi connectivity index (χ4n) is 2.83. The third-order valence-electron chi connectivity index (χ3n) is 4.51. The van der Waals surface area contributed by atoms with Crippen LogP contribution in [0.3, 0.4) is 0 Å². The molecule has 0 fully saturated rings. The molecule has 3 aromatic rings. The van der Waals surface area contributed by atoms with Gasteiger partial charge in [-0.3, -0.25) is 4.79 Å². The molecule has 0 aliphatic carbocycles. The van der Waals surface area contributed by atoms with Gasteiger partial charge in [-0.05, 0) is 42.8 Å². The number of benzene rings is 1. The third-order valence-corrected chi connectivity index (χ3v) is 4.51. The van der Waals surface area contributed by atoms with Crippen molar-refractivity contribution in [3.8, 4) is 11.4 Å². The maximum absolute atomic E-state index is 12.6. The van der Waals surface area contributed by atoms with Crippen LogP contribution in [0.4, 0.5) is 5.69 Å². The molecule has 1 aromatic carbocycles. The Morgan fingerprint density at radius 3 is 2.54 bits per heavy atom. The van der Waals surface area contributed by atoms with Crippen LogP contribution in [0.5, 0.6) is 0 Å². The van der Waals surface area contributed by atoms with Crippen molar-refractivity contribution < 1.29 is 13.7 Å². The number of rotatable bonds is 9. The molecule has 0 radical (unpaired) electrons. The number of carbonyl (C=O) groups excluding carboxylic acids is 1. The summed E-state index contributed by atoms with van der Waals surface area (Å²) in [6, 6.07) is 11.4. The molecule has 0 bridgehead atoms. The highest BCUT2D eigenvalue weighted by molar-refractivity contribution is 5.91. The van der Waals surface area contributed by atoms with Crippen LogP contribution in [0.15, 0.2) is 51.6 Å². The Hall–Kier alpha value is -3.09. The molecule has 0 saturated heterocycles. The van der Waals surface area contributed by atoms with Crippen LogP contribution in [-0.2, 0) is 6.42 Å². The van der Waals surface area contributed by atoms with Crippen molar-refractivity contribution in [1.29, 1.82) is 0 Å². The Balaban J connectivity index is 1.65. The topological polar surface area (TPSA) is 75.6 Å². The number of carbonyl (C=O) groups is 1. The molecule has 0 spiro atoms. The second-order valence-electron chi connectivity index (χ2n) is 6.83. The normalized spacial score (nSPS) is 10.8. The molecular weight excluding hydrogens is 356 g/mol. The van der Waals surface area contributed by atoms with Gasteiger partial charge in [0.25, 0.3) is 5.91 Å². The number of unbranched alkanes of at least 4 members (excludes halogenated alkanes) is 1. The molecule has 3 rings (SSSR count). The van der Waals surface area contributed by atoms with Gasteiger partial charge in [-0.1, -0.05) is 18.5 Å². The molecule has 7 heteroatoms. The molecule has 0 N–H and O–H groups in total. The average molecular weight is 382 g/mol. The van der Waals surface area contributed by atoms with Gasteiger partial charge in [0.2, 0.25) is 11.7 Å². The van der Waals surface area contributed by atoms with Crippen molar-refractivity contribution in [3.63, 3.8) is 0 Å². The van der Waals surface area contributed by atoms with Gasteiger partial charge in [0.15, 0.2) is 5.76 Å². The van der Waals surface area contributed by atoms with Crippen molar-refractivity contribution in [2.24, 2.45) is 0 Å². The first-order chi connectivity index (χ1) is 13.6. The SMILES string of the molecule is CCCCN(CCc1nc(-c2ccc(N(C)C)cc2)no1)C(=O)c1ccco1. The van der Waals surface area contributed by atoms with Gasteiger partial charge in [-0.25, -0.2) is 0 Å². The molecule has 0 saturated carbocycles. The smallest absolute Gasteiger partial charge is 0.289 e. The second kappa shape index (κ2) is 9.21. The van der Waals surface area contributed by atoms with Crippen LogP contribution in [-0.4, -0.2) is 48.1 Å². The van der Waals surface area contributed by atoms with E-state index in [0.29, 0.717) is 37.0 Å². The van der Waals surface area contributed by atoms with Crippen LogP contribution < -0.4 is 4.90 Å². The summed E-state index contributed by atoms with van der Waals surface area (Å²) in [5.41, 5.74) is 2.01. The molecule has 7 nitrogen and oxygen atoms in total. The first-order valence-corrected chi connectivity index (χ1v) is 9.51. The van der Waals surface area contributed by atoms with Crippen LogP contribution in [0.2, 0.25) is 0 Å². The van der Waals surface area contributed by atoms with Crippen molar-refractivity contribution in [3.05, 3.63) is 54.3 Å². The number of amides is 1. The van der Waals surface area contributed by atoms with E-state index in [0.717, 1.165) is 24.1 Å². The molecule has 1 amide bonds. The lowest BCUT2D eigenvalue weighted by Gasteiger charge is -2.20. The number of hydrogen-bond donors (Lipinski definition) is 0. The first kappa shape index (κ1) is 19.7. The predicted octanol–water partition coefficient (Wildman–Crippen LogP) is 3.88. The van der Waals surface area contributed by atoms with Gasteiger partial charge >= 0.3 is 0 Å². The summed E-state index contributed by atoms with van der Waals surface area (Å²) in [7, 11) is 3.99. The van der Waals surface area contributed by atoms with E-state index in [2.05, 4.69) is 17.1 Å². The average Bonchev–Trinajstić information content (AvgIpc) is 3.40. The summed E-state index contributed by atoms with van der Waals surface area (Å²) >= 11 is 0. The van der Waals surface area contributed by atoms with Gasteiger partial charge in [0.05, 0.1) is 6.26 Å². The van der Waals surface area contributed by atoms with E-state index >= 15 is 0 Å². The lowest BCUT2D eigenvalue weighted by molar-refractivity contribution is 0.0720. The van der Waals surface area contributed by atoms with E-state index in [1.54, 1.807) is 17.0 Å². The largest absolute Gasteiger partial charge is 0.459 e. The summed E-state index contributed by atoms with van der Waals surface area (Å²) < 4.78 is 10.6. The lowest BCUT2D eigenvalue weighted by Crippen LogP contribution is -2.33. The fraction of sp³-hybridized carbons (Fsp3) is 0.381. The molecule has 148 valence electrons. The van der Waals surface area contributed by atoms with Crippen LogP contribution in [0.1, 0.15) is 36.2 Å². The maximum Gasteiger partial charge on any atom is 0.289 e. The first-order valence-electron chi connectivity index (χ1n) is 9.51. The molecule has 28 heavy (non-hydrogen) atoms. The standard InChI is InChI=1S/C21H26N4O3/c1-4-5-13-25(21(26)18-7-6-15-27-18)14-12-19-22-20(23-28-19)16-8-10-17(11-9-16)24(2)3/h6-11,15H,4-5,12-14H2,1-3H3. The summed E-state index contributed by atoms with van der Waals surface area (Å²) in [5.74, 6) is 1.30. The summed E-state index contributed by atoms with van der Waals surface area (Å²) in [4.78, 5) is 20.9. The van der Waals surface area contributed by atoms with Gasteiger partial charge in [-0.15, -0.1) is 0 Å². The van der Waals surface area contributed by atoms with Gasteiger partial charge < -0.3 is 18.7 Å². The Morgan fingerprint density at radius 1 is 1.11 bits per heavy atom. The monoisotopic (exact) mass is 382 g/mol. The Labute approximate surface area is 164 Å². The van der Waals surface area contributed by atoms with Gasteiger partial charge in [0.1, 0.15) is 0 Å². The molecule has 0 aliphatic heterocycles. The number of anilines is 1. The van der Waals surface area contributed by atoms with E-state index in [4.69, 9.17) is 8.94 Å². The summed E-state index contributed by atoms with van der Waals surface area (Å²) in [6.45, 7) is 3.27. The number of hydrogen-bond acceptors (Lipinski definition) is 6. The second-order valence-corrected chi connectivity index (χ2v) is 6.83. The summed E-state index contributed by atoms with van der Waals surface area (Å²) in [6.07, 6.45) is 3.95. The minimum absolute atomic E-state index is 0.113. The maximum atomic E-state index is 12.6. The van der Waals surface area contributed by atoms with Crippen molar-refractivity contribution in [2.75, 3.05) is 32.1 Å². The Morgan fingerprint density at radius 2 is 1.89 bits per heavy atom. The van der Waals surface area contributed by atoms with E-state index in [1.807, 2.05) is 43.3 Å². The molecular formula is C21H26N4O3. The lowest BCUT2D eigenvalue weighted by atomic mass is 10.2. The number of nitrogens with zero attached hydrogens (tertiary/aromatic N) is 4. The van der Waals surface area contributed by atoms with Crippen LogP contribution in [0.25, 0.3) is 11.4 Å². The molecule has 0 aliphatic rings.